The van der Waals surface area contributed by atoms with Crippen molar-refractivity contribution < 1.29 is 0 Å². The SMILES string of the molecule is O=c1[nH]c(NCc2cccc(Br)c2)nc2c1CN(Cc1ccccc1)CC2. The summed E-state index contributed by atoms with van der Waals surface area (Å²) in [6, 6.07) is 18.4. The quantitative estimate of drug-likeness (QED) is 0.655. The van der Waals surface area contributed by atoms with Crippen molar-refractivity contribution in [3.63, 3.8) is 0 Å². The molecule has 0 radical (unpaired) electrons. The van der Waals surface area contributed by atoms with E-state index in [1.54, 1.807) is 0 Å². The van der Waals surface area contributed by atoms with Crippen LogP contribution in [-0.4, -0.2) is 21.4 Å². The maximum absolute atomic E-state index is 12.6. The molecule has 0 spiro atoms. The fourth-order valence-corrected chi connectivity index (χ4v) is 3.82. The molecule has 0 saturated heterocycles. The maximum Gasteiger partial charge on any atom is 0.257 e. The molecule has 2 N–H and O–H groups in total. The van der Waals surface area contributed by atoms with Crippen LogP contribution < -0.4 is 10.9 Å². The van der Waals surface area contributed by atoms with Crippen molar-refractivity contribution in [3.05, 3.63) is 91.8 Å². The van der Waals surface area contributed by atoms with E-state index in [1.165, 1.54) is 5.56 Å². The lowest BCUT2D eigenvalue weighted by atomic mass is 10.1. The molecule has 0 atom stereocenters. The van der Waals surface area contributed by atoms with Crippen LogP contribution in [0.2, 0.25) is 0 Å². The number of hydrogen-bond donors (Lipinski definition) is 2. The average molecular weight is 425 g/mol. The third-order valence-corrected chi connectivity index (χ3v) is 5.24. The van der Waals surface area contributed by atoms with Crippen LogP contribution in [0.1, 0.15) is 22.4 Å². The summed E-state index contributed by atoms with van der Waals surface area (Å²) in [5.41, 5.74) is 4.02. The van der Waals surface area contributed by atoms with Crippen molar-refractivity contribution in [3.8, 4) is 0 Å². The number of nitrogens with zero attached hydrogens (tertiary/aromatic N) is 2. The Morgan fingerprint density at radius 2 is 1.93 bits per heavy atom. The number of nitrogens with one attached hydrogen (secondary N) is 2. The largest absolute Gasteiger partial charge is 0.352 e. The Labute approximate surface area is 166 Å². The van der Waals surface area contributed by atoms with Gasteiger partial charge < -0.3 is 5.32 Å². The van der Waals surface area contributed by atoms with Gasteiger partial charge in [0.25, 0.3) is 5.56 Å². The predicted octanol–water partition coefficient (Wildman–Crippen LogP) is 3.70. The first kappa shape index (κ1) is 17.9. The minimum atomic E-state index is -0.0468. The first-order valence-electron chi connectivity index (χ1n) is 9.04. The molecule has 1 aliphatic rings. The second kappa shape index (κ2) is 8.06. The van der Waals surface area contributed by atoms with E-state index in [1.807, 2.05) is 42.5 Å². The molecule has 0 unspecified atom stereocenters. The summed E-state index contributed by atoms with van der Waals surface area (Å²) in [6.45, 7) is 3.01. The van der Waals surface area contributed by atoms with Gasteiger partial charge in [0, 0.05) is 37.1 Å². The van der Waals surface area contributed by atoms with Gasteiger partial charge in [-0.25, -0.2) is 4.98 Å². The second-order valence-corrected chi connectivity index (χ2v) is 7.69. The number of H-pyrrole nitrogens is 1. The first-order valence-corrected chi connectivity index (χ1v) is 9.83. The summed E-state index contributed by atoms with van der Waals surface area (Å²) in [5, 5.41) is 3.23. The monoisotopic (exact) mass is 424 g/mol. The van der Waals surface area contributed by atoms with Gasteiger partial charge in [-0.15, -0.1) is 0 Å². The van der Waals surface area contributed by atoms with Gasteiger partial charge in [-0.1, -0.05) is 58.4 Å². The molecule has 27 heavy (non-hydrogen) atoms. The number of hydrogen-bond acceptors (Lipinski definition) is 4. The van der Waals surface area contributed by atoms with Gasteiger partial charge in [-0.2, -0.15) is 0 Å². The minimum absolute atomic E-state index is 0.0468. The van der Waals surface area contributed by atoms with Gasteiger partial charge >= 0.3 is 0 Å². The summed E-state index contributed by atoms with van der Waals surface area (Å²) < 4.78 is 1.03. The fraction of sp³-hybridized carbons (Fsp3) is 0.238. The van der Waals surface area contributed by atoms with Gasteiger partial charge in [-0.3, -0.25) is 14.7 Å². The van der Waals surface area contributed by atoms with Crippen LogP contribution in [0.15, 0.2) is 63.9 Å². The molecule has 5 nitrogen and oxygen atoms in total. The number of aromatic amines is 1. The summed E-state index contributed by atoms with van der Waals surface area (Å²) >= 11 is 3.47. The molecule has 1 aromatic heterocycles. The molecule has 0 saturated carbocycles. The number of aromatic nitrogens is 2. The van der Waals surface area contributed by atoms with E-state index in [-0.39, 0.29) is 5.56 Å². The Balaban J connectivity index is 1.45. The number of benzene rings is 2. The van der Waals surface area contributed by atoms with Gasteiger partial charge in [-0.05, 0) is 23.3 Å². The average Bonchev–Trinajstić information content (AvgIpc) is 2.68. The number of rotatable bonds is 5. The van der Waals surface area contributed by atoms with Crippen molar-refractivity contribution in [1.29, 1.82) is 0 Å². The van der Waals surface area contributed by atoms with Crippen molar-refractivity contribution in [2.24, 2.45) is 0 Å². The topological polar surface area (TPSA) is 61.0 Å². The van der Waals surface area contributed by atoms with Crippen LogP contribution in [0, 0.1) is 0 Å². The van der Waals surface area contributed by atoms with Crippen molar-refractivity contribution >= 4 is 21.9 Å². The van der Waals surface area contributed by atoms with Gasteiger partial charge in [0.1, 0.15) is 0 Å². The molecule has 0 amide bonds. The standard InChI is InChI=1S/C21H21BrN4O/c22-17-8-4-7-16(11-17)12-23-21-24-19-9-10-26(14-18(19)20(27)25-21)13-15-5-2-1-3-6-15/h1-8,11H,9-10,12-14H2,(H2,23,24,25,27). The lowest BCUT2D eigenvalue weighted by Crippen LogP contribution is -2.35. The molecule has 0 aliphatic carbocycles. The summed E-state index contributed by atoms with van der Waals surface area (Å²) in [4.78, 5) is 22.4. The van der Waals surface area contributed by atoms with E-state index >= 15 is 0 Å². The minimum Gasteiger partial charge on any atom is -0.352 e. The zero-order valence-corrected chi connectivity index (χ0v) is 16.5. The Kier molecular flexibility index (Phi) is 5.36. The second-order valence-electron chi connectivity index (χ2n) is 6.77. The van der Waals surface area contributed by atoms with Crippen LogP contribution in [0.25, 0.3) is 0 Å². The van der Waals surface area contributed by atoms with E-state index < -0.39 is 0 Å². The zero-order valence-electron chi connectivity index (χ0n) is 14.9. The third kappa shape index (κ3) is 4.46. The third-order valence-electron chi connectivity index (χ3n) is 4.75. The number of halogens is 1. The molecular formula is C21H21BrN4O. The Morgan fingerprint density at radius 3 is 2.74 bits per heavy atom. The zero-order chi connectivity index (χ0) is 18.6. The van der Waals surface area contributed by atoms with E-state index in [0.717, 1.165) is 40.8 Å². The lowest BCUT2D eigenvalue weighted by molar-refractivity contribution is 0.242. The highest BCUT2D eigenvalue weighted by molar-refractivity contribution is 9.10. The van der Waals surface area contributed by atoms with Crippen molar-refractivity contribution in [2.45, 2.75) is 26.1 Å². The van der Waals surface area contributed by atoms with Gasteiger partial charge in [0.2, 0.25) is 5.95 Å². The highest BCUT2D eigenvalue weighted by Gasteiger charge is 2.21. The molecule has 0 bridgehead atoms. The molecule has 3 aromatic rings. The molecule has 0 fully saturated rings. The van der Waals surface area contributed by atoms with Crippen LogP contribution in [0.3, 0.4) is 0 Å². The molecule has 138 valence electrons. The molecule has 6 heteroatoms. The lowest BCUT2D eigenvalue weighted by Gasteiger charge is -2.27. The van der Waals surface area contributed by atoms with E-state index in [4.69, 9.17) is 0 Å². The van der Waals surface area contributed by atoms with Crippen LogP contribution in [0.5, 0.6) is 0 Å². The predicted molar refractivity (Wildman–Crippen MR) is 111 cm³/mol. The Morgan fingerprint density at radius 1 is 1.11 bits per heavy atom. The van der Waals surface area contributed by atoms with Crippen LogP contribution in [0.4, 0.5) is 5.95 Å². The number of fused-ring (bicyclic) bond motifs is 1. The molecule has 1 aliphatic heterocycles. The molecule has 2 aromatic carbocycles. The molecule has 2 heterocycles. The fourth-order valence-electron chi connectivity index (χ4n) is 3.37. The highest BCUT2D eigenvalue weighted by atomic mass is 79.9. The highest BCUT2D eigenvalue weighted by Crippen LogP contribution is 2.18. The molecule has 4 rings (SSSR count). The van der Waals surface area contributed by atoms with Crippen molar-refractivity contribution in [1.82, 2.24) is 14.9 Å². The maximum atomic E-state index is 12.6. The Bertz CT molecular complexity index is 987. The van der Waals surface area contributed by atoms with Crippen LogP contribution >= 0.6 is 15.9 Å². The van der Waals surface area contributed by atoms with Gasteiger partial charge in [0.05, 0.1) is 11.3 Å². The Hall–Kier alpha value is -2.44. The van der Waals surface area contributed by atoms with E-state index in [2.05, 4.69) is 48.2 Å². The number of anilines is 1. The van der Waals surface area contributed by atoms with E-state index in [9.17, 15) is 4.79 Å². The summed E-state index contributed by atoms with van der Waals surface area (Å²) in [7, 11) is 0. The summed E-state index contributed by atoms with van der Waals surface area (Å²) in [5.74, 6) is 0.537. The molecular weight excluding hydrogens is 404 g/mol. The van der Waals surface area contributed by atoms with Crippen molar-refractivity contribution in [2.75, 3.05) is 11.9 Å². The van der Waals surface area contributed by atoms with Gasteiger partial charge in [0.15, 0.2) is 0 Å². The summed E-state index contributed by atoms with van der Waals surface area (Å²) in [6.07, 6.45) is 0.789. The van der Waals surface area contributed by atoms with Crippen LogP contribution in [-0.2, 0) is 26.1 Å². The first-order chi connectivity index (χ1) is 13.2. The normalized spacial score (nSPS) is 14.0. The van der Waals surface area contributed by atoms with E-state index in [0.29, 0.717) is 19.0 Å². The smallest absolute Gasteiger partial charge is 0.257 e.